The van der Waals surface area contributed by atoms with E-state index < -0.39 is 29.1 Å². The summed E-state index contributed by atoms with van der Waals surface area (Å²) in [4.78, 5) is 22.2. The Labute approximate surface area is 125 Å². The van der Waals surface area contributed by atoms with Crippen molar-refractivity contribution >= 4 is 40.1 Å². The van der Waals surface area contributed by atoms with Crippen molar-refractivity contribution in [1.29, 1.82) is 0 Å². The smallest absolute Gasteiger partial charge is 0.313 e. The predicted molar refractivity (Wildman–Crippen MR) is 72.6 cm³/mol. The summed E-state index contributed by atoms with van der Waals surface area (Å²) in [6.07, 6.45) is 0. The number of halogens is 2. The van der Waals surface area contributed by atoms with Gasteiger partial charge < -0.3 is 5.11 Å². The zero-order valence-electron chi connectivity index (χ0n) is 10.2. The number of aromatic nitrogens is 2. The van der Waals surface area contributed by atoms with Crippen molar-refractivity contribution in [2.75, 3.05) is 11.1 Å². The van der Waals surface area contributed by atoms with Crippen LogP contribution in [0.15, 0.2) is 22.5 Å². The van der Waals surface area contributed by atoms with E-state index in [2.05, 4.69) is 15.5 Å². The molecule has 0 unspecified atom stereocenters. The summed E-state index contributed by atoms with van der Waals surface area (Å²) in [5, 5.41) is 18.1. The van der Waals surface area contributed by atoms with Gasteiger partial charge in [-0.2, -0.15) is 0 Å². The molecule has 0 aliphatic rings. The van der Waals surface area contributed by atoms with E-state index in [0.29, 0.717) is 4.34 Å². The maximum atomic E-state index is 13.4. The summed E-state index contributed by atoms with van der Waals surface area (Å²) in [7, 11) is 0. The van der Waals surface area contributed by atoms with Crippen molar-refractivity contribution in [3.63, 3.8) is 0 Å². The van der Waals surface area contributed by atoms with Crippen LogP contribution in [-0.2, 0) is 4.79 Å². The molecule has 0 bridgehead atoms. The Morgan fingerprint density at radius 1 is 1.33 bits per heavy atom. The lowest BCUT2D eigenvalue weighted by atomic mass is 10.2. The van der Waals surface area contributed by atoms with Crippen LogP contribution in [0.2, 0.25) is 0 Å². The Bertz CT molecular complexity index is 693. The van der Waals surface area contributed by atoms with Gasteiger partial charge in [-0.15, -0.1) is 10.2 Å². The molecular weight excluding hydrogens is 324 g/mol. The summed E-state index contributed by atoms with van der Waals surface area (Å²) >= 11 is 1.88. The van der Waals surface area contributed by atoms with Crippen LogP contribution in [-0.4, -0.2) is 32.9 Å². The number of carbonyl (C=O) groups is 2. The number of rotatable bonds is 5. The Balaban J connectivity index is 2.06. The molecule has 1 amide bonds. The Kier molecular flexibility index (Phi) is 4.81. The van der Waals surface area contributed by atoms with Gasteiger partial charge in [-0.3, -0.25) is 14.9 Å². The first kappa shape index (κ1) is 15.3. The summed E-state index contributed by atoms with van der Waals surface area (Å²) in [5.74, 6) is -3.67. The normalized spacial score (nSPS) is 10.4. The highest BCUT2D eigenvalue weighted by molar-refractivity contribution is 8.01. The molecule has 0 fully saturated rings. The van der Waals surface area contributed by atoms with Crippen molar-refractivity contribution in [3.05, 3.63) is 35.4 Å². The van der Waals surface area contributed by atoms with Gasteiger partial charge in [0.05, 0.1) is 11.3 Å². The largest absolute Gasteiger partial charge is 0.481 e. The van der Waals surface area contributed by atoms with Crippen LogP contribution in [0.3, 0.4) is 0 Å². The summed E-state index contributed by atoms with van der Waals surface area (Å²) in [5.41, 5.74) is -0.454. The average molecular weight is 331 g/mol. The van der Waals surface area contributed by atoms with E-state index in [-0.39, 0.29) is 10.9 Å². The van der Waals surface area contributed by atoms with E-state index in [1.165, 1.54) is 0 Å². The van der Waals surface area contributed by atoms with Crippen molar-refractivity contribution in [2.45, 2.75) is 4.34 Å². The quantitative estimate of drug-likeness (QED) is 0.645. The molecule has 21 heavy (non-hydrogen) atoms. The third kappa shape index (κ3) is 4.20. The van der Waals surface area contributed by atoms with Crippen LogP contribution in [0.4, 0.5) is 13.9 Å². The van der Waals surface area contributed by atoms with E-state index in [1.54, 1.807) is 0 Å². The Morgan fingerprint density at radius 2 is 2.10 bits per heavy atom. The minimum absolute atomic E-state index is 0.0663. The molecule has 6 nitrogen and oxygen atoms in total. The number of carboxylic acids is 1. The molecule has 2 N–H and O–H groups in total. The van der Waals surface area contributed by atoms with Gasteiger partial charge in [0.1, 0.15) is 11.6 Å². The molecule has 0 saturated carbocycles. The number of amides is 1. The molecule has 0 atom stereocenters. The zero-order valence-corrected chi connectivity index (χ0v) is 11.8. The maximum Gasteiger partial charge on any atom is 0.313 e. The maximum absolute atomic E-state index is 13.4. The minimum atomic E-state index is -1.01. The van der Waals surface area contributed by atoms with Gasteiger partial charge in [-0.1, -0.05) is 23.1 Å². The van der Waals surface area contributed by atoms with Crippen LogP contribution < -0.4 is 5.32 Å². The number of hydrogen-bond acceptors (Lipinski definition) is 6. The number of carboxylic acid groups (broad SMARTS) is 1. The van der Waals surface area contributed by atoms with Crippen molar-refractivity contribution in [3.8, 4) is 0 Å². The number of benzene rings is 1. The molecule has 2 rings (SSSR count). The first-order chi connectivity index (χ1) is 9.95. The predicted octanol–water partition coefficient (Wildman–Crippen LogP) is 2.25. The molecular formula is C11H7F2N3O3S2. The number of aliphatic carboxylic acids is 1. The van der Waals surface area contributed by atoms with Gasteiger partial charge in [-0.05, 0) is 18.2 Å². The van der Waals surface area contributed by atoms with Gasteiger partial charge in [0.15, 0.2) is 4.34 Å². The lowest BCUT2D eigenvalue weighted by Crippen LogP contribution is -2.13. The monoisotopic (exact) mass is 331 g/mol. The number of hydrogen-bond donors (Lipinski definition) is 2. The van der Waals surface area contributed by atoms with Crippen molar-refractivity contribution < 1.29 is 23.5 Å². The van der Waals surface area contributed by atoms with Crippen LogP contribution in [0, 0.1) is 11.6 Å². The van der Waals surface area contributed by atoms with Crippen LogP contribution >= 0.6 is 23.1 Å². The molecule has 110 valence electrons. The molecule has 0 saturated heterocycles. The minimum Gasteiger partial charge on any atom is -0.481 e. The van der Waals surface area contributed by atoms with Crippen LogP contribution in [0.5, 0.6) is 0 Å². The highest BCUT2D eigenvalue weighted by atomic mass is 32.2. The molecule has 1 heterocycles. The van der Waals surface area contributed by atoms with E-state index in [9.17, 15) is 18.4 Å². The van der Waals surface area contributed by atoms with Crippen molar-refractivity contribution in [1.82, 2.24) is 10.2 Å². The van der Waals surface area contributed by atoms with Gasteiger partial charge >= 0.3 is 5.97 Å². The molecule has 10 heteroatoms. The fourth-order valence-corrected chi connectivity index (χ4v) is 2.75. The fraction of sp³-hybridized carbons (Fsp3) is 0.0909. The second-order valence-corrected chi connectivity index (χ2v) is 5.83. The number of nitrogens with one attached hydrogen (secondary N) is 1. The molecule has 1 aromatic heterocycles. The second kappa shape index (κ2) is 6.59. The van der Waals surface area contributed by atoms with Gasteiger partial charge in [0, 0.05) is 0 Å². The first-order valence-electron chi connectivity index (χ1n) is 5.40. The van der Waals surface area contributed by atoms with Gasteiger partial charge in [0.25, 0.3) is 5.91 Å². The molecule has 0 aliphatic carbocycles. The summed E-state index contributed by atoms with van der Waals surface area (Å²) in [6, 6.07) is 2.52. The number of carbonyl (C=O) groups excluding carboxylic acids is 1. The first-order valence-corrected chi connectivity index (χ1v) is 7.20. The van der Waals surface area contributed by atoms with Crippen molar-refractivity contribution in [2.24, 2.45) is 0 Å². The van der Waals surface area contributed by atoms with Crippen LogP contribution in [0.1, 0.15) is 10.4 Å². The van der Waals surface area contributed by atoms with E-state index in [1.807, 2.05) is 0 Å². The van der Waals surface area contributed by atoms with E-state index in [4.69, 9.17) is 5.11 Å². The summed E-state index contributed by atoms with van der Waals surface area (Å²) in [6.45, 7) is 0. The average Bonchev–Trinajstić information content (AvgIpc) is 2.86. The SMILES string of the molecule is O=C(O)CSc1nnc(NC(=O)c2cc(F)ccc2F)s1. The topological polar surface area (TPSA) is 92.2 Å². The molecule has 0 spiro atoms. The highest BCUT2D eigenvalue weighted by Crippen LogP contribution is 2.25. The van der Waals surface area contributed by atoms with Gasteiger partial charge in [-0.25, -0.2) is 8.78 Å². The number of nitrogens with zero attached hydrogens (tertiary/aromatic N) is 2. The Morgan fingerprint density at radius 3 is 2.81 bits per heavy atom. The number of anilines is 1. The lowest BCUT2D eigenvalue weighted by Gasteiger charge is -2.02. The van der Waals surface area contributed by atoms with Gasteiger partial charge in [0.2, 0.25) is 5.13 Å². The molecule has 0 aliphatic heterocycles. The highest BCUT2D eigenvalue weighted by Gasteiger charge is 2.15. The lowest BCUT2D eigenvalue weighted by molar-refractivity contribution is -0.133. The fourth-order valence-electron chi connectivity index (χ4n) is 1.28. The Hall–Kier alpha value is -2.07. The van der Waals surface area contributed by atoms with Crippen LogP contribution in [0.25, 0.3) is 0 Å². The third-order valence-corrected chi connectivity index (χ3v) is 4.08. The number of thioether (sulfide) groups is 1. The second-order valence-electron chi connectivity index (χ2n) is 3.63. The standard InChI is InChI=1S/C11H7F2N3O3S2/c12-5-1-2-7(13)6(3-5)9(19)14-10-15-16-11(21-10)20-4-8(17)18/h1-3H,4H2,(H,17,18)(H,14,15,19). The van der Waals surface area contributed by atoms with E-state index >= 15 is 0 Å². The zero-order chi connectivity index (χ0) is 15.4. The van der Waals surface area contributed by atoms with E-state index in [0.717, 1.165) is 41.3 Å². The summed E-state index contributed by atoms with van der Waals surface area (Å²) < 4.78 is 26.7. The molecule has 1 aromatic carbocycles. The molecule has 0 radical (unpaired) electrons. The third-order valence-electron chi connectivity index (χ3n) is 2.12. The molecule has 2 aromatic rings.